The largest absolute Gasteiger partial charge is 0.397 e. The molecule has 2 heterocycles. The molecule has 3 aromatic rings. The zero-order chi connectivity index (χ0) is 14.8. The number of nitrogens with one attached hydrogen (secondary N) is 1. The fourth-order valence-electron chi connectivity index (χ4n) is 1.97. The molecule has 7 heteroatoms. The summed E-state index contributed by atoms with van der Waals surface area (Å²) in [5, 5.41) is 3.71. The van der Waals surface area contributed by atoms with Gasteiger partial charge in [0.05, 0.1) is 17.9 Å². The summed E-state index contributed by atoms with van der Waals surface area (Å²) in [7, 11) is 0. The molecule has 3 rings (SSSR count). The maximum atomic E-state index is 12.3. The first kappa shape index (κ1) is 14.0. The van der Waals surface area contributed by atoms with E-state index in [1.807, 2.05) is 18.2 Å². The molecule has 5 nitrogen and oxygen atoms in total. The van der Waals surface area contributed by atoms with Gasteiger partial charge in [0.1, 0.15) is 11.2 Å². The smallest absolute Gasteiger partial charge is 0.263 e. The number of nitrogens with zero attached hydrogens (tertiary/aromatic N) is 2. The number of nitrogen functional groups attached to an aromatic ring is 1. The molecule has 0 saturated heterocycles. The zero-order valence-electron chi connectivity index (χ0n) is 10.8. The van der Waals surface area contributed by atoms with E-state index in [1.165, 1.54) is 17.7 Å². The van der Waals surface area contributed by atoms with Gasteiger partial charge in [0.15, 0.2) is 0 Å². The maximum Gasteiger partial charge on any atom is 0.263 e. The number of aromatic nitrogens is 2. The number of thiophene rings is 1. The van der Waals surface area contributed by atoms with Crippen molar-refractivity contribution in [2.24, 2.45) is 0 Å². The summed E-state index contributed by atoms with van der Waals surface area (Å²) in [5.74, 6) is -0.195. The Bertz CT molecular complexity index is 803. The van der Waals surface area contributed by atoms with Crippen molar-refractivity contribution in [3.05, 3.63) is 51.8 Å². The van der Waals surface area contributed by atoms with Crippen LogP contribution in [0.1, 0.15) is 15.4 Å². The lowest BCUT2D eigenvalue weighted by molar-refractivity contribution is 0.0955. The molecule has 0 fully saturated rings. The summed E-state index contributed by atoms with van der Waals surface area (Å²) in [6.45, 7) is 0.343. The quantitative estimate of drug-likeness (QED) is 0.750. The van der Waals surface area contributed by atoms with Gasteiger partial charge in [-0.3, -0.25) is 4.79 Å². The van der Waals surface area contributed by atoms with Gasteiger partial charge >= 0.3 is 0 Å². The number of fused-ring (bicyclic) bond motifs is 1. The second kappa shape index (κ2) is 5.79. The molecule has 0 aliphatic rings. The van der Waals surface area contributed by atoms with Crippen LogP contribution < -0.4 is 11.1 Å². The molecule has 1 aromatic carbocycles. The topological polar surface area (TPSA) is 80.9 Å². The van der Waals surface area contributed by atoms with E-state index in [0.717, 1.165) is 20.3 Å². The van der Waals surface area contributed by atoms with E-state index >= 15 is 0 Å². The Hall–Kier alpha value is -1.99. The fraction of sp³-hybridized carbons (Fsp3) is 0.0714. The Morgan fingerprint density at radius 3 is 2.95 bits per heavy atom. The first-order valence-corrected chi connectivity index (χ1v) is 7.77. The number of halogens is 1. The lowest BCUT2D eigenvalue weighted by Crippen LogP contribution is -2.23. The summed E-state index contributed by atoms with van der Waals surface area (Å²) in [6.07, 6.45) is 3.09. The number of hydrogen-bond acceptors (Lipinski definition) is 5. The van der Waals surface area contributed by atoms with Crippen LogP contribution in [0, 0.1) is 0 Å². The first-order valence-electron chi connectivity index (χ1n) is 6.16. The molecule has 1 amide bonds. The number of carbonyl (C=O) groups excluding carboxylic acids is 1. The lowest BCUT2D eigenvalue weighted by atomic mass is 10.2. The Morgan fingerprint density at radius 2 is 2.24 bits per heavy atom. The van der Waals surface area contributed by atoms with E-state index in [-0.39, 0.29) is 5.91 Å². The van der Waals surface area contributed by atoms with Crippen molar-refractivity contribution in [3.8, 4) is 0 Å². The van der Waals surface area contributed by atoms with Crippen molar-refractivity contribution in [1.29, 1.82) is 0 Å². The molecule has 0 saturated carbocycles. The molecular formula is C14H11BrN4OS. The summed E-state index contributed by atoms with van der Waals surface area (Å²) in [4.78, 5) is 20.7. The molecule has 0 spiro atoms. The normalized spacial score (nSPS) is 10.7. The van der Waals surface area contributed by atoms with Crippen LogP contribution in [0.25, 0.3) is 10.1 Å². The minimum Gasteiger partial charge on any atom is -0.397 e. The molecule has 0 aliphatic carbocycles. The van der Waals surface area contributed by atoms with Crippen LogP contribution in [0.4, 0.5) is 5.69 Å². The Labute approximate surface area is 133 Å². The highest BCUT2D eigenvalue weighted by Crippen LogP contribution is 2.38. The SMILES string of the molecule is Nc1c(C(=O)NCc2ccncn2)sc2cccc(Br)c12. The fourth-order valence-corrected chi connectivity index (χ4v) is 3.75. The predicted octanol–water partition coefficient (Wildman–Crippen LogP) is 2.97. The van der Waals surface area contributed by atoms with Crippen LogP contribution in [-0.4, -0.2) is 15.9 Å². The van der Waals surface area contributed by atoms with E-state index in [1.54, 1.807) is 12.3 Å². The molecule has 0 unspecified atom stereocenters. The van der Waals surface area contributed by atoms with Crippen LogP contribution in [0.15, 0.2) is 41.3 Å². The summed E-state index contributed by atoms with van der Waals surface area (Å²) in [5.41, 5.74) is 7.36. The Balaban J connectivity index is 1.85. The van der Waals surface area contributed by atoms with Gasteiger partial charge < -0.3 is 11.1 Å². The highest BCUT2D eigenvalue weighted by molar-refractivity contribution is 9.10. The maximum absolute atomic E-state index is 12.3. The first-order chi connectivity index (χ1) is 10.2. The van der Waals surface area contributed by atoms with Crippen molar-refractivity contribution in [3.63, 3.8) is 0 Å². The van der Waals surface area contributed by atoms with E-state index in [4.69, 9.17) is 5.73 Å². The average molecular weight is 363 g/mol. The monoisotopic (exact) mass is 362 g/mol. The second-order valence-corrected chi connectivity index (χ2v) is 6.25. The second-order valence-electron chi connectivity index (χ2n) is 4.34. The van der Waals surface area contributed by atoms with Crippen LogP contribution in [0.5, 0.6) is 0 Å². The summed E-state index contributed by atoms with van der Waals surface area (Å²) < 4.78 is 1.87. The summed E-state index contributed by atoms with van der Waals surface area (Å²) in [6, 6.07) is 7.53. The van der Waals surface area contributed by atoms with Gasteiger partial charge in [0.2, 0.25) is 0 Å². The highest BCUT2D eigenvalue weighted by Gasteiger charge is 2.17. The molecular weight excluding hydrogens is 352 g/mol. The number of amides is 1. The van der Waals surface area contributed by atoms with Crippen molar-refractivity contribution < 1.29 is 4.79 Å². The number of hydrogen-bond donors (Lipinski definition) is 2. The predicted molar refractivity (Wildman–Crippen MR) is 87.1 cm³/mol. The van der Waals surface area contributed by atoms with Crippen LogP contribution in [0.2, 0.25) is 0 Å². The van der Waals surface area contributed by atoms with Crippen molar-refractivity contribution in [1.82, 2.24) is 15.3 Å². The van der Waals surface area contributed by atoms with Gasteiger partial charge in [-0.2, -0.15) is 0 Å². The van der Waals surface area contributed by atoms with E-state index in [2.05, 4.69) is 31.2 Å². The molecule has 106 valence electrons. The Morgan fingerprint density at radius 1 is 1.38 bits per heavy atom. The third kappa shape index (κ3) is 2.74. The van der Waals surface area contributed by atoms with Crippen LogP contribution >= 0.6 is 27.3 Å². The molecule has 0 aliphatic heterocycles. The summed E-state index contributed by atoms with van der Waals surface area (Å²) >= 11 is 4.85. The molecule has 3 N–H and O–H groups in total. The van der Waals surface area contributed by atoms with Crippen molar-refractivity contribution >= 4 is 48.9 Å². The molecule has 2 aromatic heterocycles. The van der Waals surface area contributed by atoms with E-state index in [0.29, 0.717) is 17.1 Å². The van der Waals surface area contributed by atoms with Crippen molar-refractivity contribution in [2.75, 3.05) is 5.73 Å². The molecule has 0 radical (unpaired) electrons. The van der Waals surface area contributed by atoms with E-state index < -0.39 is 0 Å². The van der Waals surface area contributed by atoms with Crippen LogP contribution in [-0.2, 0) is 6.54 Å². The minimum absolute atomic E-state index is 0.195. The molecule has 21 heavy (non-hydrogen) atoms. The highest BCUT2D eigenvalue weighted by atomic mass is 79.9. The average Bonchev–Trinajstić information content (AvgIpc) is 2.84. The van der Waals surface area contributed by atoms with Gasteiger partial charge in [-0.25, -0.2) is 9.97 Å². The molecule has 0 bridgehead atoms. The number of rotatable bonds is 3. The standard InChI is InChI=1S/C14H11BrN4OS/c15-9-2-1-3-10-11(9)12(16)13(21-10)14(20)18-6-8-4-5-17-7-19-8/h1-5,7H,6,16H2,(H,18,20). The van der Waals surface area contributed by atoms with Crippen molar-refractivity contribution in [2.45, 2.75) is 6.54 Å². The van der Waals surface area contributed by atoms with E-state index in [9.17, 15) is 4.79 Å². The van der Waals surface area contributed by atoms with Gasteiger partial charge in [-0.15, -0.1) is 11.3 Å². The number of carbonyl (C=O) groups is 1. The van der Waals surface area contributed by atoms with Gasteiger partial charge in [-0.05, 0) is 18.2 Å². The van der Waals surface area contributed by atoms with Gasteiger partial charge in [0, 0.05) is 20.8 Å². The third-order valence-corrected chi connectivity index (χ3v) is 4.81. The number of nitrogens with two attached hydrogens (primary N) is 1. The van der Waals surface area contributed by atoms with Gasteiger partial charge in [-0.1, -0.05) is 22.0 Å². The number of anilines is 1. The Kier molecular flexibility index (Phi) is 3.85. The third-order valence-electron chi connectivity index (χ3n) is 2.98. The van der Waals surface area contributed by atoms with Gasteiger partial charge in [0.25, 0.3) is 5.91 Å². The number of benzene rings is 1. The lowest BCUT2D eigenvalue weighted by Gasteiger charge is -2.03. The van der Waals surface area contributed by atoms with Crippen LogP contribution in [0.3, 0.4) is 0 Å². The molecule has 0 atom stereocenters. The zero-order valence-corrected chi connectivity index (χ0v) is 13.2. The minimum atomic E-state index is -0.195.